The SMILES string of the molecule is O=C(c1ccccc1)c1ccccc1.O=[N+]([O-])c1ccccc1N=Nc1ccccc1. The highest BCUT2D eigenvalue weighted by molar-refractivity contribution is 6.08. The molecule has 0 unspecified atom stereocenters. The predicted molar refractivity (Wildman–Crippen MR) is 120 cm³/mol. The van der Waals surface area contributed by atoms with E-state index in [-0.39, 0.29) is 17.2 Å². The zero-order valence-corrected chi connectivity index (χ0v) is 16.5. The maximum Gasteiger partial charge on any atom is 0.296 e. The van der Waals surface area contributed by atoms with Gasteiger partial charge >= 0.3 is 0 Å². The van der Waals surface area contributed by atoms with Crippen molar-refractivity contribution in [2.24, 2.45) is 10.2 Å². The third kappa shape index (κ3) is 6.27. The van der Waals surface area contributed by atoms with Gasteiger partial charge in [-0.25, -0.2) is 0 Å². The second-order valence-corrected chi connectivity index (χ2v) is 6.34. The van der Waals surface area contributed by atoms with Crippen molar-refractivity contribution in [3.8, 4) is 0 Å². The lowest BCUT2D eigenvalue weighted by Crippen LogP contribution is -1.99. The molecule has 0 bridgehead atoms. The Balaban J connectivity index is 0.000000179. The van der Waals surface area contributed by atoms with Crippen LogP contribution >= 0.6 is 0 Å². The minimum atomic E-state index is -0.473. The Morgan fingerprint density at radius 2 is 1.06 bits per heavy atom. The van der Waals surface area contributed by atoms with E-state index >= 15 is 0 Å². The standard InChI is InChI=1S/C13H10O.C12H9N3O2/c14-13(11-7-3-1-4-8-11)12-9-5-2-6-10-12;16-15(17)12-9-5-4-8-11(12)14-13-10-6-2-1-3-7-10/h1-10H;1-9H. The Kier molecular flexibility index (Phi) is 7.49. The van der Waals surface area contributed by atoms with Gasteiger partial charge in [0.05, 0.1) is 10.6 Å². The van der Waals surface area contributed by atoms with Gasteiger partial charge in [0, 0.05) is 17.2 Å². The highest BCUT2D eigenvalue weighted by Crippen LogP contribution is 2.28. The lowest BCUT2D eigenvalue weighted by atomic mass is 10.0. The van der Waals surface area contributed by atoms with Crippen LogP contribution in [-0.4, -0.2) is 10.7 Å². The molecule has 4 rings (SSSR count). The number of nitro groups is 1. The van der Waals surface area contributed by atoms with Gasteiger partial charge < -0.3 is 0 Å². The lowest BCUT2D eigenvalue weighted by molar-refractivity contribution is -0.384. The van der Waals surface area contributed by atoms with Crippen molar-refractivity contribution in [2.75, 3.05) is 0 Å². The molecule has 0 amide bonds. The van der Waals surface area contributed by atoms with Crippen molar-refractivity contribution < 1.29 is 9.72 Å². The maximum atomic E-state index is 11.8. The van der Waals surface area contributed by atoms with Crippen molar-refractivity contribution in [3.05, 3.63) is 137 Å². The molecule has 0 atom stereocenters. The molecule has 6 heteroatoms. The van der Waals surface area contributed by atoms with Gasteiger partial charge in [-0.3, -0.25) is 14.9 Å². The number of azo groups is 1. The predicted octanol–water partition coefficient (Wildman–Crippen LogP) is 6.93. The fraction of sp³-hybridized carbons (Fsp3) is 0. The average molecular weight is 409 g/mol. The zero-order valence-electron chi connectivity index (χ0n) is 16.5. The van der Waals surface area contributed by atoms with Gasteiger partial charge in [0.25, 0.3) is 5.69 Å². The van der Waals surface area contributed by atoms with Gasteiger partial charge in [-0.1, -0.05) is 91.0 Å². The smallest absolute Gasteiger partial charge is 0.289 e. The highest BCUT2D eigenvalue weighted by Gasteiger charge is 2.11. The summed E-state index contributed by atoms with van der Waals surface area (Å²) in [4.78, 5) is 22.1. The monoisotopic (exact) mass is 409 g/mol. The number of carbonyl (C=O) groups excluding carboxylic acids is 1. The van der Waals surface area contributed by atoms with E-state index in [1.165, 1.54) is 6.07 Å². The van der Waals surface area contributed by atoms with Crippen LogP contribution in [0, 0.1) is 10.1 Å². The second kappa shape index (κ2) is 10.9. The van der Waals surface area contributed by atoms with Gasteiger partial charge in [0.2, 0.25) is 0 Å². The van der Waals surface area contributed by atoms with Gasteiger partial charge in [0.15, 0.2) is 11.5 Å². The Morgan fingerprint density at radius 3 is 1.58 bits per heavy atom. The number of para-hydroxylation sites is 1. The first kappa shape index (κ1) is 21.3. The number of ketones is 1. The molecule has 0 aliphatic rings. The molecule has 0 N–H and O–H groups in total. The molecule has 0 radical (unpaired) electrons. The molecule has 152 valence electrons. The van der Waals surface area contributed by atoms with E-state index in [0.29, 0.717) is 5.69 Å². The first-order valence-corrected chi connectivity index (χ1v) is 9.50. The molecule has 4 aromatic carbocycles. The largest absolute Gasteiger partial charge is 0.296 e. The van der Waals surface area contributed by atoms with Crippen molar-refractivity contribution >= 4 is 22.8 Å². The highest BCUT2D eigenvalue weighted by atomic mass is 16.6. The number of nitrogens with zero attached hydrogens (tertiary/aromatic N) is 3. The van der Waals surface area contributed by atoms with Crippen LogP contribution in [0.1, 0.15) is 15.9 Å². The Labute approximate surface area is 179 Å². The zero-order chi connectivity index (χ0) is 21.9. The number of hydrogen-bond donors (Lipinski definition) is 0. The molecule has 0 saturated heterocycles. The summed E-state index contributed by atoms with van der Waals surface area (Å²) in [5, 5.41) is 18.6. The summed E-state index contributed by atoms with van der Waals surface area (Å²) in [5.74, 6) is 0.0752. The molecule has 0 fully saturated rings. The van der Waals surface area contributed by atoms with E-state index in [1.807, 2.05) is 78.9 Å². The van der Waals surface area contributed by atoms with Crippen LogP contribution in [0.4, 0.5) is 17.1 Å². The van der Waals surface area contributed by atoms with Crippen LogP contribution < -0.4 is 0 Å². The first-order chi connectivity index (χ1) is 15.1. The fourth-order valence-corrected chi connectivity index (χ4v) is 2.66. The van der Waals surface area contributed by atoms with E-state index < -0.39 is 4.92 Å². The summed E-state index contributed by atoms with van der Waals surface area (Å²) in [5.41, 5.74) is 2.33. The maximum absolute atomic E-state index is 11.8. The number of nitro benzene ring substituents is 1. The van der Waals surface area contributed by atoms with E-state index in [0.717, 1.165) is 11.1 Å². The average Bonchev–Trinajstić information content (AvgIpc) is 2.84. The number of hydrogen-bond acceptors (Lipinski definition) is 5. The van der Waals surface area contributed by atoms with E-state index in [9.17, 15) is 14.9 Å². The Morgan fingerprint density at radius 1 is 0.613 bits per heavy atom. The van der Waals surface area contributed by atoms with Crippen LogP contribution in [0.5, 0.6) is 0 Å². The molecule has 0 aliphatic carbocycles. The van der Waals surface area contributed by atoms with E-state index in [1.54, 1.807) is 30.3 Å². The molecule has 4 aromatic rings. The van der Waals surface area contributed by atoms with Gasteiger partial charge in [-0.05, 0) is 18.2 Å². The molecule has 0 spiro atoms. The van der Waals surface area contributed by atoms with Gasteiger partial charge in [0.1, 0.15) is 0 Å². The molecule has 0 aliphatic heterocycles. The summed E-state index contributed by atoms with van der Waals surface area (Å²) in [7, 11) is 0. The van der Waals surface area contributed by atoms with Crippen LogP contribution in [0.3, 0.4) is 0 Å². The first-order valence-electron chi connectivity index (χ1n) is 9.50. The molecular formula is C25H19N3O3. The van der Waals surface area contributed by atoms with Crippen molar-refractivity contribution in [2.45, 2.75) is 0 Å². The van der Waals surface area contributed by atoms with E-state index in [2.05, 4.69) is 10.2 Å². The lowest BCUT2D eigenvalue weighted by Gasteiger charge is -1.99. The van der Waals surface area contributed by atoms with Crippen LogP contribution in [0.25, 0.3) is 0 Å². The third-order valence-corrected chi connectivity index (χ3v) is 4.18. The summed E-state index contributed by atoms with van der Waals surface area (Å²) in [6, 6.07) is 33.9. The summed E-state index contributed by atoms with van der Waals surface area (Å²) >= 11 is 0. The quantitative estimate of drug-likeness (QED) is 0.155. The van der Waals surface area contributed by atoms with Crippen LogP contribution in [0.2, 0.25) is 0 Å². The molecule has 0 aromatic heterocycles. The number of rotatable bonds is 5. The minimum absolute atomic E-state index is 0.0489. The summed E-state index contributed by atoms with van der Waals surface area (Å²) in [6.45, 7) is 0. The second-order valence-electron chi connectivity index (χ2n) is 6.34. The van der Waals surface area contributed by atoms with Crippen LogP contribution in [0.15, 0.2) is 125 Å². The number of benzene rings is 4. The minimum Gasteiger partial charge on any atom is -0.289 e. The van der Waals surface area contributed by atoms with Crippen molar-refractivity contribution in [1.82, 2.24) is 0 Å². The molecule has 0 saturated carbocycles. The summed E-state index contributed by atoms with van der Waals surface area (Å²) < 4.78 is 0. The molecule has 6 nitrogen and oxygen atoms in total. The van der Waals surface area contributed by atoms with E-state index in [4.69, 9.17) is 0 Å². The Bertz CT molecular complexity index is 1120. The van der Waals surface area contributed by atoms with Crippen molar-refractivity contribution in [3.63, 3.8) is 0 Å². The number of carbonyl (C=O) groups is 1. The molecular weight excluding hydrogens is 390 g/mol. The Hall–Kier alpha value is -4.45. The normalized spacial score (nSPS) is 10.2. The third-order valence-electron chi connectivity index (χ3n) is 4.18. The molecule has 31 heavy (non-hydrogen) atoms. The van der Waals surface area contributed by atoms with Gasteiger partial charge in [-0.15, -0.1) is 5.11 Å². The topological polar surface area (TPSA) is 84.9 Å². The molecule has 0 heterocycles. The van der Waals surface area contributed by atoms with Gasteiger partial charge in [-0.2, -0.15) is 5.11 Å². The fourth-order valence-electron chi connectivity index (χ4n) is 2.66. The van der Waals surface area contributed by atoms with Crippen molar-refractivity contribution in [1.29, 1.82) is 0 Å². The van der Waals surface area contributed by atoms with Crippen LogP contribution in [-0.2, 0) is 0 Å². The summed E-state index contributed by atoms with van der Waals surface area (Å²) in [6.07, 6.45) is 0.